The number of rotatable bonds is 10. The molecule has 0 rings (SSSR count). The van der Waals surface area contributed by atoms with Crippen molar-refractivity contribution in [2.45, 2.75) is 58.0 Å². The molecule has 0 heterocycles. The molecule has 0 aromatic rings. The van der Waals surface area contributed by atoms with Crippen LogP contribution in [-0.4, -0.2) is 69.9 Å². The van der Waals surface area contributed by atoms with Crippen LogP contribution in [0.5, 0.6) is 0 Å². The van der Waals surface area contributed by atoms with E-state index in [2.05, 4.69) is 28.6 Å². The van der Waals surface area contributed by atoms with Crippen molar-refractivity contribution >= 4 is 36.3 Å². The molecular formula is C15H28N4O6S. The lowest BCUT2D eigenvalue weighted by atomic mass is 10.0. The molecule has 5 atom stereocenters. The highest BCUT2D eigenvalue weighted by atomic mass is 32.1. The lowest BCUT2D eigenvalue weighted by molar-refractivity contribution is -0.145. The number of carboxylic acid groups (broad SMARTS) is 1. The number of aliphatic hydroxyl groups excluding tert-OH is 1. The maximum Gasteiger partial charge on any atom is 0.328 e. The Balaban J connectivity index is 5.00. The van der Waals surface area contributed by atoms with Gasteiger partial charge < -0.3 is 31.9 Å². The number of hydrogen-bond acceptors (Lipinski definition) is 7. The summed E-state index contributed by atoms with van der Waals surface area (Å²) in [5.41, 5.74) is 5.51. The average Bonchev–Trinajstić information content (AvgIpc) is 2.54. The molecule has 7 N–H and O–H groups in total. The summed E-state index contributed by atoms with van der Waals surface area (Å²) in [6.07, 6.45) is -1.32. The first-order chi connectivity index (χ1) is 11.9. The molecular weight excluding hydrogens is 364 g/mol. The topological polar surface area (TPSA) is 171 Å². The van der Waals surface area contributed by atoms with Crippen LogP contribution in [0.4, 0.5) is 0 Å². The Hall–Kier alpha value is -1.85. The second-order valence-electron chi connectivity index (χ2n) is 6.31. The summed E-state index contributed by atoms with van der Waals surface area (Å²) < 4.78 is 0. The van der Waals surface area contributed by atoms with Gasteiger partial charge in [-0.25, -0.2) is 4.79 Å². The monoisotopic (exact) mass is 392 g/mol. The third-order valence-corrected chi connectivity index (χ3v) is 3.97. The molecule has 0 aliphatic rings. The molecule has 0 aliphatic heterocycles. The van der Waals surface area contributed by atoms with Gasteiger partial charge in [0.1, 0.15) is 12.1 Å². The molecule has 0 aromatic carbocycles. The van der Waals surface area contributed by atoms with Crippen molar-refractivity contribution in [3.8, 4) is 0 Å². The van der Waals surface area contributed by atoms with E-state index in [1.807, 2.05) is 0 Å². The molecule has 0 aliphatic carbocycles. The van der Waals surface area contributed by atoms with Crippen LogP contribution in [0.3, 0.4) is 0 Å². The fourth-order valence-corrected chi connectivity index (χ4v) is 2.08. The van der Waals surface area contributed by atoms with Crippen LogP contribution in [0.25, 0.3) is 0 Å². The minimum absolute atomic E-state index is 0.104. The Morgan fingerprint density at radius 2 is 1.42 bits per heavy atom. The zero-order valence-electron chi connectivity index (χ0n) is 15.2. The van der Waals surface area contributed by atoms with Gasteiger partial charge in [-0.05, 0) is 19.8 Å². The molecule has 3 amide bonds. The van der Waals surface area contributed by atoms with Crippen LogP contribution in [0.1, 0.15) is 27.7 Å². The fraction of sp³-hybridized carbons (Fsp3) is 0.733. The van der Waals surface area contributed by atoms with E-state index in [9.17, 15) is 24.3 Å². The smallest absolute Gasteiger partial charge is 0.328 e. The van der Waals surface area contributed by atoms with E-state index >= 15 is 0 Å². The van der Waals surface area contributed by atoms with Crippen molar-refractivity contribution in [3.63, 3.8) is 0 Å². The normalized spacial score (nSPS) is 16.8. The van der Waals surface area contributed by atoms with Crippen molar-refractivity contribution < 1.29 is 29.4 Å². The molecule has 10 nitrogen and oxygen atoms in total. The molecule has 26 heavy (non-hydrogen) atoms. The summed E-state index contributed by atoms with van der Waals surface area (Å²) >= 11 is 3.90. The van der Waals surface area contributed by atoms with Crippen molar-refractivity contribution in [1.82, 2.24) is 16.0 Å². The molecule has 11 heteroatoms. The van der Waals surface area contributed by atoms with Crippen LogP contribution >= 0.6 is 12.6 Å². The maximum absolute atomic E-state index is 12.3. The van der Waals surface area contributed by atoms with E-state index in [0.29, 0.717) is 0 Å². The van der Waals surface area contributed by atoms with Gasteiger partial charge in [-0.15, -0.1) is 0 Å². The van der Waals surface area contributed by atoms with Gasteiger partial charge in [-0.1, -0.05) is 13.8 Å². The van der Waals surface area contributed by atoms with E-state index in [4.69, 9.17) is 10.8 Å². The predicted octanol–water partition coefficient (Wildman–Crippen LogP) is -2.16. The molecule has 0 spiro atoms. The second-order valence-corrected chi connectivity index (χ2v) is 6.68. The Morgan fingerprint density at radius 1 is 0.923 bits per heavy atom. The molecule has 0 saturated heterocycles. The van der Waals surface area contributed by atoms with Crippen LogP contribution in [-0.2, 0) is 19.2 Å². The van der Waals surface area contributed by atoms with Crippen LogP contribution in [0.15, 0.2) is 0 Å². The second kappa shape index (κ2) is 11.0. The molecule has 0 radical (unpaired) electrons. The lowest BCUT2D eigenvalue weighted by Crippen LogP contribution is -2.59. The van der Waals surface area contributed by atoms with Gasteiger partial charge in [-0.3, -0.25) is 14.4 Å². The van der Waals surface area contributed by atoms with Gasteiger partial charge in [0, 0.05) is 5.75 Å². The Labute approximate surface area is 157 Å². The summed E-state index contributed by atoms with van der Waals surface area (Å²) in [6, 6.07) is -4.40. The zero-order chi connectivity index (χ0) is 20.6. The summed E-state index contributed by atoms with van der Waals surface area (Å²) in [5.74, 6) is -3.62. The fourth-order valence-electron chi connectivity index (χ4n) is 1.91. The Morgan fingerprint density at radius 3 is 1.81 bits per heavy atom. The lowest BCUT2D eigenvalue weighted by Gasteiger charge is -2.26. The summed E-state index contributed by atoms with van der Waals surface area (Å²) in [7, 11) is 0. The van der Waals surface area contributed by atoms with E-state index < -0.39 is 54.0 Å². The minimum atomic E-state index is -1.51. The van der Waals surface area contributed by atoms with Gasteiger partial charge in [0.05, 0.1) is 12.1 Å². The number of carbonyl (C=O) groups excluding carboxylic acids is 3. The summed E-state index contributed by atoms with van der Waals surface area (Å²) in [5, 5.41) is 25.5. The highest BCUT2D eigenvalue weighted by Crippen LogP contribution is 2.05. The Kier molecular flexibility index (Phi) is 10.2. The number of hydrogen-bond donors (Lipinski definition) is 7. The van der Waals surface area contributed by atoms with Crippen molar-refractivity contribution in [2.24, 2.45) is 11.7 Å². The maximum atomic E-state index is 12.3. The minimum Gasteiger partial charge on any atom is -0.480 e. The van der Waals surface area contributed by atoms with Crippen molar-refractivity contribution in [1.29, 1.82) is 0 Å². The average molecular weight is 392 g/mol. The molecule has 150 valence electrons. The SMILES string of the molecule is CC(C)[C@H](NC(=O)[C@H](C)NC(=O)[C@@H](N)CS)C(=O)N[C@H](C(=O)O)[C@@H](C)O. The number of carboxylic acids is 1. The molecule has 0 unspecified atom stereocenters. The first kappa shape index (κ1) is 24.1. The van der Waals surface area contributed by atoms with Gasteiger partial charge in [0.15, 0.2) is 6.04 Å². The molecule has 0 aromatic heterocycles. The zero-order valence-corrected chi connectivity index (χ0v) is 16.1. The molecule has 0 saturated carbocycles. The molecule has 0 bridgehead atoms. The van der Waals surface area contributed by atoms with E-state index in [1.165, 1.54) is 13.8 Å². The number of thiol groups is 1. The van der Waals surface area contributed by atoms with E-state index in [0.717, 1.165) is 0 Å². The van der Waals surface area contributed by atoms with Crippen LogP contribution < -0.4 is 21.7 Å². The third kappa shape index (κ3) is 7.58. The number of aliphatic hydroxyl groups is 1. The van der Waals surface area contributed by atoms with Gasteiger partial charge >= 0.3 is 5.97 Å². The van der Waals surface area contributed by atoms with Crippen molar-refractivity contribution in [3.05, 3.63) is 0 Å². The predicted molar refractivity (Wildman–Crippen MR) is 97.4 cm³/mol. The van der Waals surface area contributed by atoms with E-state index in [-0.39, 0.29) is 11.7 Å². The highest BCUT2D eigenvalue weighted by molar-refractivity contribution is 7.80. The first-order valence-electron chi connectivity index (χ1n) is 8.10. The summed E-state index contributed by atoms with van der Waals surface area (Å²) in [6.45, 7) is 5.96. The van der Waals surface area contributed by atoms with Crippen LogP contribution in [0, 0.1) is 5.92 Å². The highest BCUT2D eigenvalue weighted by Gasteiger charge is 2.32. The number of nitrogens with two attached hydrogens (primary N) is 1. The first-order valence-corrected chi connectivity index (χ1v) is 8.74. The van der Waals surface area contributed by atoms with Gasteiger partial charge in [0.25, 0.3) is 0 Å². The number of amides is 3. The summed E-state index contributed by atoms with van der Waals surface area (Å²) in [4.78, 5) is 47.3. The number of aliphatic carboxylic acids is 1. The van der Waals surface area contributed by atoms with E-state index in [1.54, 1.807) is 13.8 Å². The van der Waals surface area contributed by atoms with Gasteiger partial charge in [-0.2, -0.15) is 12.6 Å². The quantitative estimate of drug-likeness (QED) is 0.207. The van der Waals surface area contributed by atoms with Crippen LogP contribution in [0.2, 0.25) is 0 Å². The van der Waals surface area contributed by atoms with Gasteiger partial charge in [0.2, 0.25) is 17.7 Å². The number of carbonyl (C=O) groups is 4. The Bertz CT molecular complexity index is 528. The molecule has 0 fully saturated rings. The number of nitrogens with one attached hydrogen (secondary N) is 3. The largest absolute Gasteiger partial charge is 0.480 e. The third-order valence-electron chi connectivity index (χ3n) is 3.58. The van der Waals surface area contributed by atoms with Crippen molar-refractivity contribution in [2.75, 3.05) is 5.75 Å². The standard InChI is InChI=1S/C15H28N4O6S/c1-6(2)10(14(23)19-11(8(4)20)15(24)25)18-12(21)7(3)17-13(22)9(16)5-26/h6-11,20,26H,5,16H2,1-4H3,(H,17,22)(H,18,21)(H,19,23)(H,24,25)/t7-,8+,9-,10-,11-/m0/s1.